The number of aryl methyl sites for hydroxylation is 1. The monoisotopic (exact) mass is 601 g/mol. The van der Waals surface area contributed by atoms with Crippen LogP contribution in [-0.2, 0) is 6.54 Å². The summed E-state index contributed by atoms with van der Waals surface area (Å²) in [5.41, 5.74) is 23.2. The van der Waals surface area contributed by atoms with Crippen LogP contribution in [0.5, 0.6) is 0 Å². The van der Waals surface area contributed by atoms with Crippen molar-refractivity contribution >= 4 is 33.3 Å². The molecule has 7 rings (SSSR count). The number of furan rings is 1. The Morgan fingerprint density at radius 3 is 1.74 bits per heavy atom. The summed E-state index contributed by atoms with van der Waals surface area (Å²) >= 11 is 0. The average Bonchev–Trinajstić information content (AvgIpc) is 3.48. The zero-order valence-corrected chi connectivity index (χ0v) is 26.3. The lowest BCUT2D eigenvalue weighted by Crippen LogP contribution is -2.10. The molecule has 0 saturated heterocycles. The van der Waals surface area contributed by atoms with Crippen molar-refractivity contribution in [1.82, 2.24) is 0 Å². The molecule has 0 bridgehead atoms. The van der Waals surface area contributed by atoms with Gasteiger partial charge in [0.25, 0.3) is 0 Å². The molecular weight excluding hydrogens is 562 g/mol. The Kier molecular flexibility index (Phi) is 10.2. The summed E-state index contributed by atoms with van der Waals surface area (Å²) in [6.07, 6.45) is 0. The molecule has 7 aromatic rings. The minimum atomic E-state index is 0.0668. The van der Waals surface area contributed by atoms with E-state index in [2.05, 4.69) is 92.4 Å². The fourth-order valence-corrected chi connectivity index (χ4v) is 5.30. The molecular formula is C42H39N3O. The van der Waals surface area contributed by atoms with Crippen molar-refractivity contribution in [3.63, 3.8) is 0 Å². The molecule has 228 valence electrons. The normalized spacial score (nSPS) is 10.4. The Morgan fingerprint density at radius 2 is 1.20 bits per heavy atom. The number of hydrogen-bond acceptors (Lipinski definition) is 3. The van der Waals surface area contributed by atoms with Gasteiger partial charge in [-0.2, -0.15) is 0 Å². The molecule has 0 aliphatic heterocycles. The highest BCUT2D eigenvalue weighted by Gasteiger charge is 2.11. The van der Waals surface area contributed by atoms with Gasteiger partial charge in [-0.3, -0.25) is 5.41 Å². The van der Waals surface area contributed by atoms with Gasteiger partial charge in [-0.1, -0.05) is 140 Å². The number of nitrogens with one attached hydrogen (secondary N) is 1. The van der Waals surface area contributed by atoms with E-state index in [-0.39, 0.29) is 5.84 Å². The van der Waals surface area contributed by atoms with Crippen LogP contribution in [0.25, 0.3) is 49.8 Å². The highest BCUT2D eigenvalue weighted by Crippen LogP contribution is 2.31. The molecule has 1 aromatic heterocycles. The standard InChI is InChI=1S/C19H16.C13H10N2O.C10H13N/c1-15-12-18(16-8-4-2-5-9-16)14-19(13-15)17-10-6-3-7-11-17;14-13(15)9-5-3-7-11-12(9)8-4-1-2-6-10(8)16-11;1-8(2)10-5-3-9(7-11)4-6-10/h2-14H,1H3;1-7H,(H3,14,15);3-6H,1,7,11H2,2H3. The number of fused-ring (bicyclic) bond motifs is 3. The van der Waals surface area contributed by atoms with Crippen LogP contribution < -0.4 is 11.5 Å². The van der Waals surface area contributed by atoms with Crippen LogP contribution in [0.15, 0.2) is 157 Å². The summed E-state index contributed by atoms with van der Waals surface area (Å²) < 4.78 is 5.69. The number of benzene rings is 6. The average molecular weight is 602 g/mol. The van der Waals surface area contributed by atoms with Gasteiger partial charge < -0.3 is 15.9 Å². The maximum absolute atomic E-state index is 7.57. The van der Waals surface area contributed by atoms with E-state index in [0.717, 1.165) is 38.6 Å². The van der Waals surface area contributed by atoms with Crippen molar-refractivity contribution in [2.75, 3.05) is 0 Å². The number of amidine groups is 1. The molecule has 0 radical (unpaired) electrons. The number of hydrogen-bond donors (Lipinski definition) is 3. The first-order valence-electron chi connectivity index (χ1n) is 15.3. The predicted octanol–water partition coefficient (Wildman–Crippen LogP) is 10.4. The predicted molar refractivity (Wildman–Crippen MR) is 196 cm³/mol. The number of allylic oxidation sites excluding steroid dienone is 1. The van der Waals surface area contributed by atoms with E-state index in [9.17, 15) is 0 Å². The van der Waals surface area contributed by atoms with Crippen LogP contribution in [0.4, 0.5) is 0 Å². The van der Waals surface area contributed by atoms with Crippen LogP contribution in [0.1, 0.15) is 29.2 Å². The van der Waals surface area contributed by atoms with Crippen molar-refractivity contribution in [2.45, 2.75) is 20.4 Å². The number of para-hydroxylation sites is 1. The molecule has 1 heterocycles. The molecule has 0 fully saturated rings. The van der Waals surface area contributed by atoms with Gasteiger partial charge >= 0.3 is 0 Å². The summed E-state index contributed by atoms with van der Waals surface area (Å²) in [6, 6.07) is 49.3. The van der Waals surface area contributed by atoms with Crippen molar-refractivity contribution in [3.05, 3.63) is 174 Å². The maximum atomic E-state index is 7.57. The van der Waals surface area contributed by atoms with E-state index in [1.807, 2.05) is 73.7 Å². The number of nitrogen functional groups attached to an aromatic ring is 1. The molecule has 4 nitrogen and oxygen atoms in total. The summed E-state index contributed by atoms with van der Waals surface area (Å²) in [7, 11) is 0. The van der Waals surface area contributed by atoms with Crippen molar-refractivity contribution in [1.29, 1.82) is 5.41 Å². The molecule has 0 amide bonds. The number of rotatable bonds is 5. The van der Waals surface area contributed by atoms with Gasteiger partial charge in [-0.05, 0) is 71.0 Å². The molecule has 0 atom stereocenters. The van der Waals surface area contributed by atoms with Crippen LogP contribution in [0, 0.1) is 12.3 Å². The first-order chi connectivity index (χ1) is 22.3. The number of nitrogens with two attached hydrogens (primary N) is 2. The first-order valence-corrected chi connectivity index (χ1v) is 15.3. The summed E-state index contributed by atoms with van der Waals surface area (Å²) in [6.45, 7) is 8.61. The Balaban J connectivity index is 0.000000141. The second kappa shape index (κ2) is 14.8. The molecule has 0 unspecified atom stereocenters. The molecule has 6 aromatic carbocycles. The Bertz CT molecular complexity index is 2020. The van der Waals surface area contributed by atoms with Gasteiger partial charge in [0.05, 0.1) is 0 Å². The smallest absolute Gasteiger partial charge is 0.136 e. The Hall–Kier alpha value is -5.71. The molecule has 0 aliphatic carbocycles. The van der Waals surface area contributed by atoms with Gasteiger partial charge in [0, 0.05) is 22.9 Å². The van der Waals surface area contributed by atoms with E-state index >= 15 is 0 Å². The van der Waals surface area contributed by atoms with Crippen molar-refractivity contribution in [3.8, 4) is 22.3 Å². The molecule has 0 spiro atoms. The van der Waals surface area contributed by atoms with E-state index in [1.54, 1.807) is 0 Å². The van der Waals surface area contributed by atoms with Crippen molar-refractivity contribution in [2.24, 2.45) is 11.5 Å². The van der Waals surface area contributed by atoms with Crippen LogP contribution >= 0.6 is 0 Å². The van der Waals surface area contributed by atoms with Gasteiger partial charge in [-0.15, -0.1) is 0 Å². The lowest BCUT2D eigenvalue weighted by atomic mass is 9.97. The van der Waals surface area contributed by atoms with Crippen LogP contribution in [0.3, 0.4) is 0 Å². The Morgan fingerprint density at radius 1 is 0.652 bits per heavy atom. The summed E-state index contributed by atoms with van der Waals surface area (Å²) in [4.78, 5) is 0. The second-order valence-corrected chi connectivity index (χ2v) is 11.2. The topological polar surface area (TPSA) is 89.0 Å². The third-order valence-electron chi connectivity index (χ3n) is 7.67. The maximum Gasteiger partial charge on any atom is 0.136 e. The Labute approximate surface area is 271 Å². The van der Waals surface area contributed by atoms with E-state index in [1.165, 1.54) is 33.4 Å². The SMILES string of the molecule is C=C(C)c1ccc(CN)cc1.Cc1cc(-c2ccccc2)cc(-c2ccccc2)c1.N=C(N)c1cccc2oc3ccccc3c12. The lowest BCUT2D eigenvalue weighted by Gasteiger charge is -2.08. The van der Waals surface area contributed by atoms with E-state index in [0.29, 0.717) is 6.54 Å². The van der Waals surface area contributed by atoms with Gasteiger partial charge in [-0.25, -0.2) is 0 Å². The first kappa shape index (κ1) is 31.7. The molecule has 46 heavy (non-hydrogen) atoms. The zero-order chi connectivity index (χ0) is 32.5. The molecule has 0 aliphatic rings. The highest BCUT2D eigenvalue weighted by molar-refractivity contribution is 6.16. The van der Waals surface area contributed by atoms with E-state index in [4.69, 9.17) is 21.3 Å². The van der Waals surface area contributed by atoms with Crippen molar-refractivity contribution < 1.29 is 4.42 Å². The second-order valence-electron chi connectivity index (χ2n) is 11.2. The summed E-state index contributed by atoms with van der Waals surface area (Å²) in [5, 5.41) is 9.49. The zero-order valence-electron chi connectivity index (χ0n) is 26.3. The highest BCUT2D eigenvalue weighted by atomic mass is 16.3. The van der Waals surface area contributed by atoms with Crippen LogP contribution in [-0.4, -0.2) is 5.84 Å². The van der Waals surface area contributed by atoms with E-state index < -0.39 is 0 Å². The van der Waals surface area contributed by atoms with Gasteiger partial charge in [0.2, 0.25) is 0 Å². The largest absolute Gasteiger partial charge is 0.456 e. The van der Waals surface area contributed by atoms with Gasteiger partial charge in [0.15, 0.2) is 0 Å². The third-order valence-corrected chi connectivity index (χ3v) is 7.67. The minimum absolute atomic E-state index is 0.0668. The fraction of sp³-hybridized carbons (Fsp3) is 0.0714. The quantitative estimate of drug-likeness (QED) is 0.135. The molecule has 5 N–H and O–H groups in total. The third kappa shape index (κ3) is 7.68. The lowest BCUT2D eigenvalue weighted by molar-refractivity contribution is 0.669. The molecule has 4 heteroatoms. The minimum Gasteiger partial charge on any atom is -0.456 e. The van der Waals surface area contributed by atoms with Crippen LogP contribution in [0.2, 0.25) is 0 Å². The summed E-state index contributed by atoms with van der Waals surface area (Å²) in [5.74, 6) is 0.0668. The molecule has 0 saturated carbocycles. The van der Waals surface area contributed by atoms with Gasteiger partial charge in [0.1, 0.15) is 17.0 Å². The fourth-order valence-electron chi connectivity index (χ4n) is 5.30.